The van der Waals surface area contributed by atoms with Crippen molar-refractivity contribution >= 4 is 11.9 Å². The van der Waals surface area contributed by atoms with Crippen molar-refractivity contribution in [2.75, 3.05) is 32.8 Å². The molecule has 1 aliphatic heterocycles. The van der Waals surface area contributed by atoms with Crippen LogP contribution in [-0.4, -0.2) is 56.2 Å². The predicted molar refractivity (Wildman–Crippen MR) is 103 cm³/mol. The smallest absolute Gasteiger partial charge is 0.387 e. The Kier molecular flexibility index (Phi) is 8.77. The fraction of sp³-hybridized carbons (Fsp3) is 0.579. The Morgan fingerprint density at radius 3 is 2.61 bits per heavy atom. The Morgan fingerprint density at radius 1 is 1.21 bits per heavy atom. The number of hydrogen-bond donors (Lipinski definition) is 2. The molecular formula is C19H28F2N4O3. The number of nitrogens with zero attached hydrogens (tertiary/aromatic N) is 2. The molecule has 9 heteroatoms. The van der Waals surface area contributed by atoms with E-state index in [1.165, 1.54) is 6.07 Å². The van der Waals surface area contributed by atoms with Crippen molar-refractivity contribution in [3.63, 3.8) is 0 Å². The molecule has 156 valence electrons. The summed E-state index contributed by atoms with van der Waals surface area (Å²) in [6.45, 7) is 3.85. The molecule has 2 rings (SSSR count). The zero-order valence-electron chi connectivity index (χ0n) is 16.3. The summed E-state index contributed by atoms with van der Waals surface area (Å²) in [5.74, 6) is 0.805. The lowest BCUT2D eigenvalue weighted by atomic mass is 10.2. The quantitative estimate of drug-likeness (QED) is 0.493. The molecule has 0 aromatic heterocycles. The fourth-order valence-electron chi connectivity index (χ4n) is 2.86. The van der Waals surface area contributed by atoms with Crippen LogP contribution in [-0.2, 0) is 11.3 Å². The molecule has 0 aliphatic carbocycles. The van der Waals surface area contributed by atoms with Gasteiger partial charge in [0, 0.05) is 19.6 Å². The first kappa shape index (κ1) is 21.7. The van der Waals surface area contributed by atoms with Gasteiger partial charge in [-0.2, -0.15) is 8.78 Å². The van der Waals surface area contributed by atoms with E-state index in [0.29, 0.717) is 25.7 Å². The van der Waals surface area contributed by atoms with Crippen LogP contribution in [0.1, 0.15) is 32.3 Å². The van der Waals surface area contributed by atoms with Gasteiger partial charge in [-0.15, -0.1) is 0 Å². The molecule has 1 saturated heterocycles. The Bertz CT molecular complexity index is 665. The number of rotatable bonds is 9. The van der Waals surface area contributed by atoms with E-state index in [1.54, 1.807) is 19.1 Å². The number of likely N-dealkylation sites (tertiary alicyclic amines) is 1. The highest BCUT2D eigenvalue weighted by Gasteiger charge is 2.17. The maximum absolute atomic E-state index is 12.5. The summed E-state index contributed by atoms with van der Waals surface area (Å²) in [5, 5.41) is 6.13. The van der Waals surface area contributed by atoms with Crippen molar-refractivity contribution in [2.24, 2.45) is 4.99 Å². The van der Waals surface area contributed by atoms with Crippen molar-refractivity contribution in [2.45, 2.75) is 39.8 Å². The molecule has 1 aromatic carbocycles. The molecule has 0 atom stereocenters. The molecule has 0 saturated carbocycles. The molecule has 0 unspecified atom stereocenters. The average Bonchev–Trinajstić information content (AvgIpc) is 3.20. The number of amides is 1. The maximum atomic E-state index is 12.5. The molecule has 0 bridgehead atoms. The minimum Gasteiger partial charge on any atom is -0.490 e. The lowest BCUT2D eigenvalue weighted by Gasteiger charge is -2.17. The Morgan fingerprint density at radius 2 is 1.96 bits per heavy atom. The summed E-state index contributed by atoms with van der Waals surface area (Å²) < 4.78 is 34.8. The maximum Gasteiger partial charge on any atom is 0.387 e. The number of ether oxygens (including phenoxy) is 2. The number of carbonyl (C=O) groups is 1. The normalized spacial score (nSPS) is 14.3. The molecule has 1 heterocycles. The van der Waals surface area contributed by atoms with E-state index in [4.69, 9.17) is 4.74 Å². The van der Waals surface area contributed by atoms with Gasteiger partial charge in [-0.05, 0) is 44.4 Å². The van der Waals surface area contributed by atoms with E-state index in [9.17, 15) is 13.6 Å². The van der Waals surface area contributed by atoms with Crippen LogP contribution in [0.15, 0.2) is 23.2 Å². The van der Waals surface area contributed by atoms with E-state index >= 15 is 0 Å². The lowest BCUT2D eigenvalue weighted by molar-refractivity contribution is -0.128. The zero-order valence-corrected chi connectivity index (χ0v) is 16.3. The summed E-state index contributed by atoms with van der Waals surface area (Å²) in [7, 11) is 0. The van der Waals surface area contributed by atoms with Crippen LogP contribution in [0.5, 0.6) is 11.5 Å². The Hall–Kier alpha value is -2.58. The van der Waals surface area contributed by atoms with E-state index in [2.05, 4.69) is 20.4 Å². The Labute approximate surface area is 164 Å². The standard InChI is InChI=1S/C19H28F2N4O3/c1-3-22-19(24-13-17(26)25-9-5-6-10-25)23-12-14-7-8-15(28-18(20)21)16(11-14)27-4-2/h7-8,11,18H,3-6,9-10,12-13H2,1-2H3,(H2,22,23,24). The second kappa shape index (κ2) is 11.3. The molecule has 1 aliphatic rings. The highest BCUT2D eigenvalue weighted by atomic mass is 19.3. The second-order valence-electron chi connectivity index (χ2n) is 6.23. The topological polar surface area (TPSA) is 75.2 Å². The van der Waals surface area contributed by atoms with Gasteiger partial charge in [-0.1, -0.05) is 6.07 Å². The molecule has 1 aromatic rings. The zero-order chi connectivity index (χ0) is 20.4. The lowest BCUT2D eigenvalue weighted by Crippen LogP contribution is -2.44. The van der Waals surface area contributed by atoms with E-state index in [-0.39, 0.29) is 24.0 Å². The van der Waals surface area contributed by atoms with Gasteiger partial charge in [0.05, 0.1) is 19.7 Å². The van der Waals surface area contributed by atoms with Crippen molar-refractivity contribution in [3.05, 3.63) is 23.8 Å². The second-order valence-corrected chi connectivity index (χ2v) is 6.23. The molecule has 0 radical (unpaired) electrons. The number of alkyl halides is 2. The number of nitrogens with one attached hydrogen (secondary N) is 2. The van der Waals surface area contributed by atoms with Gasteiger partial charge in [-0.3, -0.25) is 4.79 Å². The predicted octanol–water partition coefficient (Wildman–Crippen LogP) is 2.36. The molecule has 1 amide bonds. The summed E-state index contributed by atoms with van der Waals surface area (Å²) in [6, 6.07) is 4.73. The van der Waals surface area contributed by atoms with Crippen LogP contribution in [0.25, 0.3) is 0 Å². The van der Waals surface area contributed by atoms with E-state index in [1.807, 2.05) is 11.8 Å². The first-order valence-corrected chi connectivity index (χ1v) is 9.54. The molecule has 7 nitrogen and oxygen atoms in total. The molecule has 1 fully saturated rings. The van der Waals surface area contributed by atoms with Crippen molar-refractivity contribution in [1.29, 1.82) is 0 Å². The van der Waals surface area contributed by atoms with Crippen molar-refractivity contribution in [1.82, 2.24) is 15.5 Å². The molecule has 0 spiro atoms. The van der Waals surface area contributed by atoms with Gasteiger partial charge < -0.3 is 25.0 Å². The molecule has 28 heavy (non-hydrogen) atoms. The van der Waals surface area contributed by atoms with Gasteiger partial charge in [0.25, 0.3) is 0 Å². The number of hydrogen-bond acceptors (Lipinski definition) is 4. The number of halogens is 2. The number of benzene rings is 1. The molecule has 2 N–H and O–H groups in total. The van der Waals surface area contributed by atoms with Crippen molar-refractivity contribution < 1.29 is 23.0 Å². The van der Waals surface area contributed by atoms with Gasteiger partial charge in [0.15, 0.2) is 17.5 Å². The highest BCUT2D eigenvalue weighted by molar-refractivity contribution is 5.86. The van der Waals surface area contributed by atoms with Crippen LogP contribution >= 0.6 is 0 Å². The highest BCUT2D eigenvalue weighted by Crippen LogP contribution is 2.30. The summed E-state index contributed by atoms with van der Waals surface area (Å²) in [6.07, 6.45) is 2.10. The number of guanidine groups is 1. The fourth-order valence-corrected chi connectivity index (χ4v) is 2.86. The SMILES string of the molecule is CCNC(=NCc1ccc(OC(F)F)c(OCC)c1)NCC(=O)N1CCCC1. The minimum atomic E-state index is -2.92. The molecular weight excluding hydrogens is 370 g/mol. The summed E-state index contributed by atoms with van der Waals surface area (Å²) in [5.41, 5.74) is 0.771. The van der Waals surface area contributed by atoms with Crippen molar-refractivity contribution in [3.8, 4) is 11.5 Å². The van der Waals surface area contributed by atoms with Crippen LogP contribution in [0, 0.1) is 0 Å². The third-order valence-corrected chi connectivity index (χ3v) is 4.15. The largest absolute Gasteiger partial charge is 0.490 e. The summed E-state index contributed by atoms with van der Waals surface area (Å²) >= 11 is 0. The third-order valence-electron chi connectivity index (χ3n) is 4.15. The van der Waals surface area contributed by atoms with Crippen LogP contribution in [0.2, 0.25) is 0 Å². The first-order chi connectivity index (χ1) is 13.5. The summed E-state index contributed by atoms with van der Waals surface area (Å²) in [4.78, 5) is 18.5. The van der Waals surface area contributed by atoms with Gasteiger partial charge >= 0.3 is 6.61 Å². The van der Waals surface area contributed by atoms with Gasteiger partial charge in [0.2, 0.25) is 5.91 Å². The van der Waals surface area contributed by atoms with Gasteiger partial charge in [-0.25, -0.2) is 4.99 Å². The number of aliphatic imine (C=N–C) groups is 1. The minimum absolute atomic E-state index is 0.00850. The first-order valence-electron chi connectivity index (χ1n) is 9.54. The van der Waals surface area contributed by atoms with Crippen LogP contribution in [0.4, 0.5) is 8.78 Å². The monoisotopic (exact) mass is 398 g/mol. The number of carbonyl (C=O) groups excluding carboxylic acids is 1. The third kappa shape index (κ3) is 6.86. The van der Waals surface area contributed by atoms with Gasteiger partial charge in [0.1, 0.15) is 0 Å². The average molecular weight is 398 g/mol. The van der Waals surface area contributed by atoms with E-state index < -0.39 is 6.61 Å². The van der Waals surface area contributed by atoms with Crippen LogP contribution in [0.3, 0.4) is 0 Å². The van der Waals surface area contributed by atoms with E-state index in [0.717, 1.165) is 31.5 Å². The Balaban J connectivity index is 2.00. The van der Waals surface area contributed by atoms with Crippen LogP contribution < -0.4 is 20.1 Å².